The first-order chi connectivity index (χ1) is 7.83. The molecule has 0 spiro atoms. The molecule has 0 atom stereocenters. The van der Waals surface area contributed by atoms with Gasteiger partial charge in [0.1, 0.15) is 0 Å². The molecular weight excluding hydrogens is 243 g/mol. The van der Waals surface area contributed by atoms with Gasteiger partial charge in [0, 0.05) is 11.7 Å². The lowest BCUT2D eigenvalue weighted by Gasteiger charge is -2.20. The Balaban J connectivity index is 4.74. The van der Waals surface area contributed by atoms with Crippen LogP contribution in [0.2, 0.25) is 0 Å². The molecule has 0 heterocycles. The fourth-order valence-corrected chi connectivity index (χ4v) is 2.91. The summed E-state index contributed by atoms with van der Waals surface area (Å²) < 4.78 is 22.8. The van der Waals surface area contributed by atoms with E-state index in [0.29, 0.717) is 0 Å². The van der Waals surface area contributed by atoms with E-state index in [1.165, 1.54) is 11.9 Å². The molecule has 0 aliphatic carbocycles. The van der Waals surface area contributed by atoms with Crippen molar-refractivity contribution in [2.45, 2.75) is 39.9 Å². The maximum absolute atomic E-state index is 12.3. The number of aliphatic hydroxyl groups excluding tert-OH is 2. The van der Waals surface area contributed by atoms with Gasteiger partial charge in [-0.2, -0.15) is 0 Å². The average Bonchev–Trinajstić information content (AvgIpc) is 2.16. The van der Waals surface area contributed by atoms with Crippen LogP contribution in [0, 0.1) is 5.92 Å². The van der Waals surface area contributed by atoms with E-state index >= 15 is 0 Å². The molecule has 0 aromatic heterocycles. The van der Waals surface area contributed by atoms with Crippen LogP contribution >= 0.6 is 7.60 Å². The third-order valence-corrected chi connectivity index (χ3v) is 3.69. The van der Waals surface area contributed by atoms with Crippen LogP contribution in [0.3, 0.4) is 0 Å². The summed E-state index contributed by atoms with van der Waals surface area (Å²) in [6.07, 6.45) is 1.00. The minimum absolute atomic E-state index is 0.212. The number of aliphatic hydroxyl groups is 2. The molecule has 0 saturated heterocycles. The second-order valence-electron chi connectivity index (χ2n) is 4.31. The molecular formula is C11H23O5P. The topological polar surface area (TPSA) is 76.0 Å². The Morgan fingerprint density at radius 3 is 1.76 bits per heavy atom. The Kier molecular flexibility index (Phi) is 7.92. The van der Waals surface area contributed by atoms with Gasteiger partial charge in [0.25, 0.3) is 0 Å². The average molecular weight is 266 g/mol. The van der Waals surface area contributed by atoms with E-state index in [1.54, 1.807) is 27.7 Å². The lowest BCUT2D eigenvalue weighted by Crippen LogP contribution is -2.09. The molecule has 0 aliphatic heterocycles. The van der Waals surface area contributed by atoms with Crippen LogP contribution in [-0.2, 0) is 13.6 Å². The molecule has 0 bridgehead atoms. The smallest absolute Gasteiger partial charge is 0.354 e. The number of rotatable bonds is 8. The van der Waals surface area contributed by atoms with Crippen LogP contribution in [0.15, 0.2) is 11.9 Å². The second-order valence-corrected chi connectivity index (χ2v) is 6.11. The standard InChI is InChI=1S/C11H23O5P/c1-9(2)15-17(14,16-10(3)4)6-5-11(7-12)8-13/h5-6,9-13H,7-8H2,1-4H3/b6-5+. The minimum Gasteiger partial charge on any atom is -0.396 e. The number of hydrogen-bond acceptors (Lipinski definition) is 5. The van der Waals surface area contributed by atoms with E-state index in [2.05, 4.69) is 0 Å². The summed E-state index contributed by atoms with van der Waals surface area (Å²) >= 11 is 0. The first-order valence-corrected chi connectivity index (χ1v) is 7.31. The van der Waals surface area contributed by atoms with Crippen molar-refractivity contribution in [1.82, 2.24) is 0 Å². The van der Waals surface area contributed by atoms with Crippen molar-refractivity contribution in [3.8, 4) is 0 Å². The second kappa shape index (κ2) is 8.01. The first kappa shape index (κ1) is 16.8. The van der Waals surface area contributed by atoms with Crippen LogP contribution in [0.1, 0.15) is 27.7 Å². The fourth-order valence-electron chi connectivity index (χ4n) is 1.09. The number of hydrogen-bond donors (Lipinski definition) is 2. The van der Waals surface area contributed by atoms with Crippen LogP contribution in [0.5, 0.6) is 0 Å². The van der Waals surface area contributed by atoms with E-state index in [9.17, 15) is 4.57 Å². The van der Waals surface area contributed by atoms with E-state index < -0.39 is 13.5 Å². The van der Waals surface area contributed by atoms with E-state index in [0.717, 1.165) is 0 Å². The van der Waals surface area contributed by atoms with Gasteiger partial charge >= 0.3 is 7.60 Å². The van der Waals surface area contributed by atoms with Gasteiger partial charge in [-0.3, -0.25) is 4.57 Å². The summed E-state index contributed by atoms with van der Waals surface area (Å²) in [6.45, 7) is 6.63. The quantitative estimate of drug-likeness (QED) is 0.658. The molecule has 102 valence electrons. The third kappa shape index (κ3) is 7.68. The van der Waals surface area contributed by atoms with Crippen molar-refractivity contribution >= 4 is 7.60 Å². The lowest BCUT2D eigenvalue weighted by atomic mass is 10.2. The van der Waals surface area contributed by atoms with Gasteiger partial charge in [0.15, 0.2) is 0 Å². The highest BCUT2D eigenvalue weighted by atomic mass is 31.2. The van der Waals surface area contributed by atoms with E-state index in [4.69, 9.17) is 19.3 Å². The van der Waals surface area contributed by atoms with Gasteiger partial charge < -0.3 is 19.3 Å². The predicted molar refractivity (Wildman–Crippen MR) is 66.9 cm³/mol. The maximum atomic E-state index is 12.3. The van der Waals surface area contributed by atoms with Crippen molar-refractivity contribution in [2.75, 3.05) is 13.2 Å². The zero-order chi connectivity index (χ0) is 13.5. The van der Waals surface area contributed by atoms with Gasteiger partial charge in [-0.1, -0.05) is 6.08 Å². The first-order valence-electron chi connectivity index (χ1n) is 5.70. The maximum Gasteiger partial charge on any atom is 0.354 e. The summed E-state index contributed by atoms with van der Waals surface area (Å²) in [6, 6.07) is 0. The Hall–Kier alpha value is -0.190. The molecule has 0 fully saturated rings. The lowest BCUT2D eigenvalue weighted by molar-refractivity contribution is 0.148. The Bertz CT molecular complexity index is 257. The molecule has 0 aliphatic rings. The molecule has 0 aromatic carbocycles. The normalized spacial score (nSPS) is 13.5. The zero-order valence-electron chi connectivity index (χ0n) is 10.9. The molecule has 6 heteroatoms. The summed E-state index contributed by atoms with van der Waals surface area (Å²) in [4.78, 5) is 0. The minimum atomic E-state index is -3.31. The van der Waals surface area contributed by atoms with Gasteiger partial charge in [-0.05, 0) is 27.7 Å². The molecule has 0 aromatic rings. The SMILES string of the molecule is CC(C)OP(=O)(/C=C/C(CO)CO)OC(C)C. The highest BCUT2D eigenvalue weighted by molar-refractivity contribution is 7.57. The van der Waals surface area contributed by atoms with Crippen molar-refractivity contribution in [1.29, 1.82) is 0 Å². The molecule has 0 saturated carbocycles. The molecule has 0 amide bonds. The molecule has 2 N–H and O–H groups in total. The highest BCUT2D eigenvalue weighted by Gasteiger charge is 2.24. The van der Waals surface area contributed by atoms with Crippen molar-refractivity contribution < 1.29 is 23.8 Å². The third-order valence-electron chi connectivity index (χ3n) is 1.73. The van der Waals surface area contributed by atoms with Crippen LogP contribution in [0.4, 0.5) is 0 Å². The van der Waals surface area contributed by atoms with Gasteiger partial charge in [-0.15, -0.1) is 0 Å². The Morgan fingerprint density at radius 2 is 1.47 bits per heavy atom. The van der Waals surface area contributed by atoms with Crippen LogP contribution in [-0.4, -0.2) is 35.6 Å². The molecule has 0 radical (unpaired) electrons. The summed E-state index contributed by atoms with van der Waals surface area (Å²) in [5, 5.41) is 17.8. The molecule has 5 nitrogen and oxygen atoms in total. The monoisotopic (exact) mass is 266 g/mol. The summed E-state index contributed by atoms with van der Waals surface area (Å²) in [5.74, 6) is 0.860. The highest BCUT2D eigenvalue weighted by Crippen LogP contribution is 2.52. The van der Waals surface area contributed by atoms with Crippen molar-refractivity contribution in [2.24, 2.45) is 5.92 Å². The molecule has 0 rings (SSSR count). The summed E-state index contributed by atoms with van der Waals surface area (Å²) in [7, 11) is -3.31. The van der Waals surface area contributed by atoms with E-state index in [1.807, 2.05) is 0 Å². The fraction of sp³-hybridized carbons (Fsp3) is 0.818. The zero-order valence-corrected chi connectivity index (χ0v) is 11.8. The molecule has 0 unspecified atom stereocenters. The van der Waals surface area contributed by atoms with Gasteiger partial charge in [0.05, 0.1) is 25.4 Å². The van der Waals surface area contributed by atoms with Crippen molar-refractivity contribution in [3.63, 3.8) is 0 Å². The largest absolute Gasteiger partial charge is 0.396 e. The van der Waals surface area contributed by atoms with Crippen molar-refractivity contribution in [3.05, 3.63) is 11.9 Å². The predicted octanol–water partition coefficient (Wildman–Crippen LogP) is 2.14. The van der Waals surface area contributed by atoms with Gasteiger partial charge in [0.2, 0.25) is 0 Å². The Labute approximate surface area is 103 Å². The van der Waals surface area contributed by atoms with Crippen LogP contribution < -0.4 is 0 Å². The van der Waals surface area contributed by atoms with Crippen LogP contribution in [0.25, 0.3) is 0 Å². The Morgan fingerprint density at radius 1 is 1.06 bits per heavy atom. The van der Waals surface area contributed by atoms with E-state index in [-0.39, 0.29) is 25.4 Å². The van der Waals surface area contributed by atoms with Gasteiger partial charge in [-0.25, -0.2) is 0 Å². The summed E-state index contributed by atoms with van der Waals surface area (Å²) in [5.41, 5.74) is 0. The molecule has 17 heavy (non-hydrogen) atoms.